The van der Waals surface area contributed by atoms with Crippen molar-refractivity contribution in [3.8, 4) is 11.1 Å². The third kappa shape index (κ3) is 3.07. The summed E-state index contributed by atoms with van der Waals surface area (Å²) >= 11 is 1.95. The number of thiophene rings is 1. The fourth-order valence-electron chi connectivity index (χ4n) is 6.42. The van der Waals surface area contributed by atoms with Crippen molar-refractivity contribution in [1.82, 2.24) is 0 Å². The van der Waals surface area contributed by atoms with E-state index < -0.39 is 0 Å². The van der Waals surface area contributed by atoms with Crippen molar-refractivity contribution in [3.63, 3.8) is 0 Å². The van der Waals surface area contributed by atoms with Crippen LogP contribution < -0.4 is 5.32 Å². The molecule has 36 heavy (non-hydrogen) atoms. The maximum atomic E-state index is 3.97. The van der Waals surface area contributed by atoms with E-state index in [9.17, 15) is 0 Å². The summed E-state index contributed by atoms with van der Waals surface area (Å²) in [5, 5.41) is 5.33. The first-order valence-corrected chi connectivity index (χ1v) is 13.6. The van der Waals surface area contributed by atoms with Gasteiger partial charge < -0.3 is 5.32 Å². The summed E-state index contributed by atoms with van der Waals surface area (Å²) in [5.41, 5.74) is 10.8. The van der Waals surface area contributed by atoms with E-state index in [4.69, 9.17) is 0 Å². The lowest BCUT2D eigenvalue weighted by Crippen LogP contribution is -2.21. The molecule has 1 N–H and O–H groups in total. The maximum absolute atomic E-state index is 3.97. The molecule has 0 aliphatic heterocycles. The quantitative estimate of drug-likeness (QED) is 0.269. The van der Waals surface area contributed by atoms with Gasteiger partial charge in [0.05, 0.1) is 0 Å². The molecule has 2 aliphatic rings. The van der Waals surface area contributed by atoms with Gasteiger partial charge in [-0.05, 0) is 46.0 Å². The molecule has 4 aromatic carbocycles. The molecule has 0 saturated carbocycles. The number of benzene rings is 4. The van der Waals surface area contributed by atoms with Gasteiger partial charge in [0, 0.05) is 49.2 Å². The first kappa shape index (κ1) is 21.6. The number of hydrogen-bond donors (Lipinski definition) is 1. The van der Waals surface area contributed by atoms with Crippen LogP contribution in [0.25, 0.3) is 27.3 Å². The molecule has 1 aromatic heterocycles. The van der Waals surface area contributed by atoms with Crippen LogP contribution in [0.15, 0.2) is 103 Å². The van der Waals surface area contributed by atoms with Crippen molar-refractivity contribution in [1.29, 1.82) is 0 Å². The van der Waals surface area contributed by atoms with Gasteiger partial charge in [-0.2, -0.15) is 0 Å². The smallest absolute Gasteiger partial charge is 0.0464 e. The van der Waals surface area contributed by atoms with Gasteiger partial charge in [-0.3, -0.25) is 0 Å². The number of allylic oxidation sites excluding steroid dienone is 1. The summed E-state index contributed by atoms with van der Waals surface area (Å²) in [6.07, 6.45) is 2.42. The second-order valence-electron chi connectivity index (χ2n) is 10.7. The van der Waals surface area contributed by atoms with Gasteiger partial charge in [0.2, 0.25) is 0 Å². The van der Waals surface area contributed by atoms with Gasteiger partial charge in [-0.1, -0.05) is 106 Å². The predicted octanol–water partition coefficient (Wildman–Crippen LogP) is 9.44. The first-order valence-electron chi connectivity index (χ1n) is 12.8. The van der Waals surface area contributed by atoms with Gasteiger partial charge >= 0.3 is 0 Å². The molecule has 0 amide bonds. The van der Waals surface area contributed by atoms with E-state index in [-0.39, 0.29) is 5.41 Å². The lowest BCUT2D eigenvalue weighted by Gasteiger charge is -2.32. The highest BCUT2D eigenvalue weighted by atomic mass is 32.1. The van der Waals surface area contributed by atoms with Crippen LogP contribution in [-0.4, -0.2) is 0 Å². The summed E-state index contributed by atoms with van der Waals surface area (Å²) < 4.78 is 1.37. The van der Waals surface area contributed by atoms with Crippen LogP contribution in [-0.2, 0) is 5.41 Å². The molecule has 176 valence electrons. The third-order valence-corrected chi connectivity index (χ3v) is 9.55. The minimum Gasteiger partial charge on any atom is -0.358 e. The number of fused-ring (bicyclic) bond motifs is 6. The van der Waals surface area contributed by atoms with E-state index >= 15 is 0 Å². The molecule has 2 unspecified atom stereocenters. The largest absolute Gasteiger partial charge is 0.358 e. The molecule has 0 saturated heterocycles. The Morgan fingerprint density at radius 3 is 2.33 bits per heavy atom. The van der Waals surface area contributed by atoms with Crippen LogP contribution in [0.4, 0.5) is 5.69 Å². The normalized spacial score (nSPS) is 19.4. The van der Waals surface area contributed by atoms with E-state index in [1.807, 2.05) is 11.3 Å². The Hall–Kier alpha value is -3.62. The lowest BCUT2D eigenvalue weighted by atomic mass is 9.78. The fraction of sp³-hybridized carbons (Fsp3) is 0.176. The summed E-state index contributed by atoms with van der Waals surface area (Å²) in [6, 6.07) is 35.5. The molecule has 5 aromatic rings. The van der Waals surface area contributed by atoms with Crippen molar-refractivity contribution < 1.29 is 0 Å². The molecule has 2 aliphatic carbocycles. The van der Waals surface area contributed by atoms with Gasteiger partial charge in [0.1, 0.15) is 0 Å². The highest BCUT2D eigenvalue weighted by Gasteiger charge is 2.37. The molecule has 2 heteroatoms. The zero-order chi connectivity index (χ0) is 24.4. The number of anilines is 1. The summed E-state index contributed by atoms with van der Waals surface area (Å²) in [6.45, 7) is 7.07. The topological polar surface area (TPSA) is 12.0 Å². The molecule has 7 rings (SSSR count). The second kappa shape index (κ2) is 7.94. The number of hydrogen-bond acceptors (Lipinski definition) is 2. The van der Waals surface area contributed by atoms with Crippen molar-refractivity contribution in [3.05, 3.63) is 130 Å². The Balaban J connectivity index is 1.40. The van der Waals surface area contributed by atoms with E-state index in [2.05, 4.69) is 129 Å². The summed E-state index contributed by atoms with van der Waals surface area (Å²) in [5.74, 6) is 0.653. The average Bonchev–Trinajstić information content (AvgIpc) is 3.38. The minimum absolute atomic E-state index is 0.000514. The lowest BCUT2D eigenvalue weighted by molar-refractivity contribution is 0.597. The Bertz CT molecular complexity index is 1650. The molecule has 1 nitrogen and oxygen atoms in total. The molecule has 0 spiro atoms. The Labute approximate surface area is 217 Å². The van der Waals surface area contributed by atoms with Crippen LogP contribution in [0.3, 0.4) is 0 Å². The number of nitrogens with one attached hydrogen (secondary N) is 1. The van der Waals surface area contributed by atoms with E-state index in [0.29, 0.717) is 11.8 Å². The van der Waals surface area contributed by atoms with Crippen molar-refractivity contribution in [2.75, 3.05) is 5.32 Å². The third-order valence-electron chi connectivity index (χ3n) is 8.28. The summed E-state index contributed by atoms with van der Waals surface area (Å²) in [7, 11) is 0. The van der Waals surface area contributed by atoms with Gasteiger partial charge in [-0.25, -0.2) is 0 Å². The molecular formula is C34H29NS. The standard InChI is InChI=1S/C34H29NS/c1-21-29(35-28-18-11-17-27-32(28)24-15-7-9-16-26(24)34(27,2)3)20-25-23-14-8-10-19-30(23)36-33(25)31(21)22-12-5-4-6-13-22/h4-21,31,35H,1-3H3. The van der Waals surface area contributed by atoms with Crippen molar-refractivity contribution in [2.24, 2.45) is 5.92 Å². The molecule has 1 heterocycles. The van der Waals surface area contributed by atoms with Crippen LogP contribution in [0.5, 0.6) is 0 Å². The molecule has 0 radical (unpaired) electrons. The highest BCUT2D eigenvalue weighted by Crippen LogP contribution is 2.53. The fourth-order valence-corrected chi connectivity index (χ4v) is 7.84. The van der Waals surface area contributed by atoms with Crippen molar-refractivity contribution in [2.45, 2.75) is 32.1 Å². The maximum Gasteiger partial charge on any atom is 0.0464 e. The second-order valence-corrected chi connectivity index (χ2v) is 11.8. The Morgan fingerprint density at radius 2 is 1.47 bits per heavy atom. The van der Waals surface area contributed by atoms with E-state index in [1.165, 1.54) is 59.7 Å². The van der Waals surface area contributed by atoms with Crippen molar-refractivity contribution >= 4 is 33.2 Å². The highest BCUT2D eigenvalue weighted by molar-refractivity contribution is 7.19. The van der Waals surface area contributed by atoms with Crippen LogP contribution >= 0.6 is 11.3 Å². The van der Waals surface area contributed by atoms with E-state index in [0.717, 1.165) is 0 Å². The zero-order valence-electron chi connectivity index (χ0n) is 20.9. The summed E-state index contributed by atoms with van der Waals surface area (Å²) in [4.78, 5) is 1.48. The van der Waals surface area contributed by atoms with Gasteiger partial charge in [0.15, 0.2) is 0 Å². The SMILES string of the molecule is CC1C(Nc2cccc3c2-c2ccccc2C3(C)C)=Cc2c(sc3ccccc23)C1c1ccccc1. The van der Waals surface area contributed by atoms with Crippen LogP contribution in [0, 0.1) is 5.92 Å². The number of rotatable bonds is 3. The molecular weight excluding hydrogens is 454 g/mol. The van der Waals surface area contributed by atoms with Gasteiger partial charge in [-0.15, -0.1) is 11.3 Å². The predicted molar refractivity (Wildman–Crippen MR) is 155 cm³/mol. The van der Waals surface area contributed by atoms with Crippen LogP contribution in [0.2, 0.25) is 0 Å². The van der Waals surface area contributed by atoms with Gasteiger partial charge in [0.25, 0.3) is 0 Å². The first-order chi connectivity index (χ1) is 17.5. The Morgan fingerprint density at radius 1 is 0.750 bits per heavy atom. The zero-order valence-corrected chi connectivity index (χ0v) is 21.7. The molecule has 2 atom stereocenters. The minimum atomic E-state index is -0.000514. The monoisotopic (exact) mass is 483 g/mol. The van der Waals surface area contributed by atoms with Crippen LogP contribution in [0.1, 0.15) is 53.8 Å². The molecule has 0 bridgehead atoms. The molecule has 0 fully saturated rings. The van der Waals surface area contributed by atoms with E-state index in [1.54, 1.807) is 0 Å². The Kier molecular flexibility index (Phi) is 4.78. The average molecular weight is 484 g/mol.